The summed E-state index contributed by atoms with van der Waals surface area (Å²) in [5.41, 5.74) is 3.98. The molecule has 0 aliphatic carbocycles. The minimum absolute atomic E-state index is 0.244. The molecule has 0 amide bonds. The Morgan fingerprint density at radius 1 is 0.750 bits per heavy atom. The molecule has 98 valence electrons. The minimum atomic E-state index is 0.244. The number of benzene rings is 2. The van der Waals surface area contributed by atoms with E-state index in [1.54, 1.807) is 6.20 Å². The topological polar surface area (TPSA) is 25.8 Å². The van der Waals surface area contributed by atoms with E-state index >= 15 is 0 Å². The Morgan fingerprint density at radius 2 is 1.45 bits per heavy atom. The molecule has 0 saturated carbocycles. The summed E-state index contributed by atoms with van der Waals surface area (Å²) in [4.78, 5) is 8.19. The summed E-state index contributed by atoms with van der Waals surface area (Å²) in [7, 11) is 0. The molecule has 3 aromatic rings. The number of rotatable bonds is 2. The summed E-state index contributed by atoms with van der Waals surface area (Å²) in [6.07, 6.45) is 1.66. The summed E-state index contributed by atoms with van der Waals surface area (Å²) in [6.45, 7) is 0. The van der Waals surface area contributed by atoms with Crippen LogP contribution in [0, 0.1) is 0 Å². The number of hydrogen-bond acceptors (Lipinski definition) is 2. The van der Waals surface area contributed by atoms with Crippen molar-refractivity contribution in [2.24, 2.45) is 0 Å². The van der Waals surface area contributed by atoms with Gasteiger partial charge in [-0.1, -0.05) is 48.0 Å². The highest BCUT2D eigenvalue weighted by molar-refractivity contribution is 6.30. The Morgan fingerprint density at radius 3 is 2.15 bits per heavy atom. The third-order valence-electron chi connectivity index (χ3n) is 2.98. The molecule has 0 saturated heterocycles. The van der Waals surface area contributed by atoms with Gasteiger partial charge in [0.2, 0.25) is 5.28 Å². The summed E-state index contributed by atoms with van der Waals surface area (Å²) in [5.74, 6) is 0. The van der Waals surface area contributed by atoms with Gasteiger partial charge in [-0.15, -0.1) is 0 Å². The van der Waals surface area contributed by atoms with Crippen LogP contribution < -0.4 is 0 Å². The molecule has 4 heteroatoms. The molecule has 0 unspecified atom stereocenters. The smallest absolute Gasteiger partial charge is 0.222 e. The predicted molar refractivity (Wildman–Crippen MR) is 82.9 cm³/mol. The van der Waals surface area contributed by atoms with Crippen molar-refractivity contribution >= 4 is 23.2 Å². The van der Waals surface area contributed by atoms with Crippen LogP contribution in [-0.2, 0) is 0 Å². The normalized spacial score (nSPS) is 10.5. The zero-order chi connectivity index (χ0) is 13.9. The van der Waals surface area contributed by atoms with Crippen LogP contribution in [0.1, 0.15) is 0 Å². The molecule has 0 fully saturated rings. The van der Waals surface area contributed by atoms with Gasteiger partial charge in [-0.2, -0.15) is 0 Å². The van der Waals surface area contributed by atoms with Gasteiger partial charge in [-0.3, -0.25) is 0 Å². The SMILES string of the molecule is Clc1ccc(-c2ccccc2-c2ccnc(Cl)n2)cc1. The van der Waals surface area contributed by atoms with Crippen molar-refractivity contribution in [3.05, 3.63) is 71.1 Å². The zero-order valence-corrected chi connectivity index (χ0v) is 11.9. The molecule has 0 radical (unpaired) electrons. The van der Waals surface area contributed by atoms with Crippen molar-refractivity contribution in [2.45, 2.75) is 0 Å². The van der Waals surface area contributed by atoms with Crippen molar-refractivity contribution in [3.8, 4) is 22.4 Å². The van der Waals surface area contributed by atoms with Crippen LogP contribution >= 0.6 is 23.2 Å². The molecule has 0 atom stereocenters. The molecule has 1 aromatic heterocycles. The van der Waals surface area contributed by atoms with Gasteiger partial charge in [0.25, 0.3) is 0 Å². The van der Waals surface area contributed by atoms with Crippen LogP contribution in [0.4, 0.5) is 0 Å². The molecule has 2 nitrogen and oxygen atoms in total. The average molecular weight is 301 g/mol. The van der Waals surface area contributed by atoms with E-state index < -0.39 is 0 Å². The maximum absolute atomic E-state index is 5.94. The first-order valence-electron chi connectivity index (χ1n) is 6.08. The molecular formula is C16H10Cl2N2. The van der Waals surface area contributed by atoms with Crippen LogP contribution in [-0.4, -0.2) is 9.97 Å². The van der Waals surface area contributed by atoms with Crippen molar-refractivity contribution in [3.63, 3.8) is 0 Å². The molecule has 0 aliphatic rings. The van der Waals surface area contributed by atoms with Crippen molar-refractivity contribution < 1.29 is 0 Å². The van der Waals surface area contributed by atoms with Crippen molar-refractivity contribution in [2.75, 3.05) is 0 Å². The number of hydrogen-bond donors (Lipinski definition) is 0. The maximum Gasteiger partial charge on any atom is 0.222 e. The van der Waals surface area contributed by atoms with E-state index in [-0.39, 0.29) is 5.28 Å². The molecule has 20 heavy (non-hydrogen) atoms. The molecule has 3 rings (SSSR count). The van der Waals surface area contributed by atoms with Crippen LogP contribution in [0.15, 0.2) is 60.8 Å². The fourth-order valence-electron chi connectivity index (χ4n) is 2.07. The highest BCUT2D eigenvalue weighted by Gasteiger charge is 2.08. The summed E-state index contributed by atoms with van der Waals surface area (Å²) in [6, 6.07) is 17.6. The lowest BCUT2D eigenvalue weighted by Gasteiger charge is -2.09. The van der Waals surface area contributed by atoms with Gasteiger partial charge >= 0.3 is 0 Å². The van der Waals surface area contributed by atoms with E-state index in [0.29, 0.717) is 0 Å². The Bertz CT molecular complexity index is 739. The van der Waals surface area contributed by atoms with Gasteiger partial charge in [-0.05, 0) is 40.9 Å². The van der Waals surface area contributed by atoms with Gasteiger partial charge in [0, 0.05) is 16.8 Å². The van der Waals surface area contributed by atoms with Crippen molar-refractivity contribution in [1.29, 1.82) is 0 Å². The van der Waals surface area contributed by atoms with Gasteiger partial charge in [-0.25, -0.2) is 9.97 Å². The second-order valence-electron chi connectivity index (χ2n) is 4.26. The summed E-state index contributed by atoms with van der Waals surface area (Å²) in [5, 5.41) is 0.963. The Kier molecular flexibility index (Phi) is 3.68. The van der Waals surface area contributed by atoms with Crippen LogP contribution in [0.5, 0.6) is 0 Å². The standard InChI is InChI=1S/C16H10Cl2N2/c17-12-7-5-11(6-8-12)13-3-1-2-4-14(13)15-9-10-19-16(18)20-15/h1-10H. The number of nitrogens with zero attached hydrogens (tertiary/aromatic N) is 2. The fraction of sp³-hybridized carbons (Fsp3) is 0. The van der Waals surface area contributed by atoms with Gasteiger partial charge in [0.05, 0.1) is 5.69 Å². The Hall–Kier alpha value is -1.90. The Balaban J connectivity index is 2.16. The van der Waals surface area contributed by atoms with E-state index in [1.165, 1.54) is 0 Å². The molecular weight excluding hydrogens is 291 g/mol. The molecule has 1 heterocycles. The second kappa shape index (κ2) is 5.61. The first-order chi connectivity index (χ1) is 9.74. The maximum atomic E-state index is 5.94. The second-order valence-corrected chi connectivity index (χ2v) is 5.04. The lowest BCUT2D eigenvalue weighted by Crippen LogP contribution is -1.89. The van der Waals surface area contributed by atoms with Crippen LogP contribution in [0.25, 0.3) is 22.4 Å². The molecule has 0 N–H and O–H groups in total. The molecule has 0 spiro atoms. The predicted octanol–water partition coefficient (Wildman–Crippen LogP) is 5.12. The van der Waals surface area contributed by atoms with Gasteiger partial charge in [0.1, 0.15) is 0 Å². The summed E-state index contributed by atoms with van der Waals surface area (Å²) < 4.78 is 0. The quantitative estimate of drug-likeness (QED) is 0.614. The molecule has 0 aliphatic heterocycles. The lowest BCUT2D eigenvalue weighted by atomic mass is 9.98. The van der Waals surface area contributed by atoms with Gasteiger partial charge in [0.15, 0.2) is 0 Å². The van der Waals surface area contributed by atoms with Crippen molar-refractivity contribution in [1.82, 2.24) is 9.97 Å². The highest BCUT2D eigenvalue weighted by atomic mass is 35.5. The van der Waals surface area contributed by atoms with E-state index in [9.17, 15) is 0 Å². The first kappa shape index (κ1) is 13.1. The minimum Gasteiger partial charge on any atom is -0.226 e. The lowest BCUT2D eigenvalue weighted by molar-refractivity contribution is 1.17. The van der Waals surface area contributed by atoms with E-state index in [4.69, 9.17) is 23.2 Å². The zero-order valence-electron chi connectivity index (χ0n) is 10.4. The van der Waals surface area contributed by atoms with E-state index in [0.717, 1.165) is 27.4 Å². The molecule has 0 bridgehead atoms. The van der Waals surface area contributed by atoms with E-state index in [1.807, 2.05) is 48.5 Å². The third-order valence-corrected chi connectivity index (χ3v) is 3.42. The first-order valence-corrected chi connectivity index (χ1v) is 6.83. The monoisotopic (exact) mass is 300 g/mol. The third kappa shape index (κ3) is 2.67. The number of aromatic nitrogens is 2. The average Bonchev–Trinajstić information content (AvgIpc) is 2.48. The summed E-state index contributed by atoms with van der Waals surface area (Å²) >= 11 is 11.8. The molecule has 2 aromatic carbocycles. The number of halogens is 2. The highest BCUT2D eigenvalue weighted by Crippen LogP contribution is 2.31. The van der Waals surface area contributed by atoms with Crippen LogP contribution in [0.3, 0.4) is 0 Å². The fourth-order valence-corrected chi connectivity index (χ4v) is 2.35. The van der Waals surface area contributed by atoms with Crippen LogP contribution in [0.2, 0.25) is 10.3 Å². The van der Waals surface area contributed by atoms with Gasteiger partial charge < -0.3 is 0 Å². The largest absolute Gasteiger partial charge is 0.226 e. The Labute approximate surface area is 127 Å². The van der Waals surface area contributed by atoms with E-state index in [2.05, 4.69) is 16.0 Å².